The van der Waals surface area contributed by atoms with Crippen molar-refractivity contribution in [1.29, 1.82) is 0 Å². The van der Waals surface area contributed by atoms with Gasteiger partial charge in [-0.15, -0.1) is 24.5 Å². The Morgan fingerprint density at radius 3 is 2.10 bits per heavy atom. The van der Waals surface area contributed by atoms with E-state index >= 15 is 0 Å². The molecule has 0 atom stereocenters. The van der Waals surface area contributed by atoms with E-state index in [9.17, 15) is 21.6 Å². The van der Waals surface area contributed by atoms with Crippen molar-refractivity contribution in [3.63, 3.8) is 0 Å². The summed E-state index contributed by atoms with van der Waals surface area (Å²) in [6, 6.07) is 8.33. The van der Waals surface area contributed by atoms with Gasteiger partial charge in [0.1, 0.15) is 9.96 Å². The molecule has 1 heterocycles. The topological polar surface area (TPSA) is 43.4 Å². The Morgan fingerprint density at radius 1 is 1.05 bits per heavy atom. The van der Waals surface area contributed by atoms with Crippen LogP contribution in [0.4, 0.5) is 13.2 Å². The van der Waals surface area contributed by atoms with Gasteiger partial charge in [0.15, 0.2) is 9.84 Å². The van der Waals surface area contributed by atoms with Crippen LogP contribution >= 0.6 is 11.3 Å². The Balaban J connectivity index is 2.24. The molecule has 2 rings (SSSR count). The molecule has 1 aromatic heterocycles. The number of halogens is 3. The molecule has 0 aliphatic rings. The summed E-state index contributed by atoms with van der Waals surface area (Å²) >= 11 is 1.06. The minimum absolute atomic E-state index is 0.211. The predicted octanol–water partition coefficient (Wildman–Crippen LogP) is 3.72. The lowest BCUT2D eigenvalue weighted by molar-refractivity contribution is -0.274. The van der Waals surface area contributed by atoms with Crippen LogP contribution in [-0.4, -0.2) is 21.0 Å². The van der Waals surface area contributed by atoms with Crippen molar-refractivity contribution in [3.05, 3.63) is 36.4 Å². The van der Waals surface area contributed by atoms with Crippen LogP contribution in [-0.2, 0) is 9.84 Å². The van der Waals surface area contributed by atoms with Gasteiger partial charge in [0.2, 0.25) is 0 Å². The lowest BCUT2D eigenvalue weighted by Gasteiger charge is -2.08. The maximum absolute atomic E-state index is 12.0. The quantitative estimate of drug-likeness (QED) is 0.865. The van der Waals surface area contributed by atoms with Crippen molar-refractivity contribution >= 4 is 21.2 Å². The van der Waals surface area contributed by atoms with E-state index in [4.69, 9.17) is 0 Å². The van der Waals surface area contributed by atoms with E-state index in [2.05, 4.69) is 4.74 Å². The van der Waals surface area contributed by atoms with Crippen LogP contribution in [0.1, 0.15) is 0 Å². The van der Waals surface area contributed by atoms with E-state index in [1.54, 1.807) is 6.07 Å². The van der Waals surface area contributed by atoms with Gasteiger partial charge in [-0.25, -0.2) is 8.42 Å². The van der Waals surface area contributed by atoms with Gasteiger partial charge in [-0.2, -0.15) is 0 Å². The van der Waals surface area contributed by atoms with Gasteiger partial charge < -0.3 is 4.74 Å². The fraction of sp³-hybridized carbons (Fsp3) is 0.167. The van der Waals surface area contributed by atoms with Crippen molar-refractivity contribution in [3.8, 4) is 16.2 Å². The Labute approximate surface area is 117 Å². The second-order valence-electron chi connectivity index (χ2n) is 3.96. The zero-order valence-electron chi connectivity index (χ0n) is 10.1. The molecule has 0 bridgehead atoms. The SMILES string of the molecule is CS(=O)(=O)c1ccc(-c2ccc(OC(F)(F)F)cc2)s1. The summed E-state index contributed by atoms with van der Waals surface area (Å²) in [4.78, 5) is 0.656. The molecule has 0 N–H and O–H groups in total. The highest BCUT2D eigenvalue weighted by Gasteiger charge is 2.30. The van der Waals surface area contributed by atoms with Crippen LogP contribution in [0, 0.1) is 0 Å². The minimum atomic E-state index is -4.73. The summed E-state index contributed by atoms with van der Waals surface area (Å²) in [6.07, 6.45) is -3.63. The van der Waals surface area contributed by atoms with Crippen LogP contribution in [0.5, 0.6) is 5.75 Å². The van der Waals surface area contributed by atoms with E-state index in [0.717, 1.165) is 17.6 Å². The van der Waals surface area contributed by atoms with E-state index in [1.807, 2.05) is 0 Å². The number of alkyl halides is 3. The molecule has 0 amide bonds. The second kappa shape index (κ2) is 5.10. The largest absolute Gasteiger partial charge is 0.573 e. The van der Waals surface area contributed by atoms with Crippen molar-refractivity contribution in [1.82, 2.24) is 0 Å². The fourth-order valence-corrected chi connectivity index (χ4v) is 3.43. The van der Waals surface area contributed by atoms with Gasteiger partial charge in [-0.1, -0.05) is 0 Å². The standard InChI is InChI=1S/C12H9F3O3S2/c1-20(16,17)11-7-6-10(19-11)8-2-4-9(5-3-8)18-12(13,14)15/h2-7H,1H3. The third-order valence-electron chi connectivity index (χ3n) is 2.32. The van der Waals surface area contributed by atoms with Crippen molar-refractivity contribution < 1.29 is 26.3 Å². The molecule has 20 heavy (non-hydrogen) atoms. The smallest absolute Gasteiger partial charge is 0.406 e. The number of thiophene rings is 1. The first kappa shape index (κ1) is 14.9. The monoisotopic (exact) mass is 322 g/mol. The Bertz CT molecular complexity index is 700. The van der Waals surface area contributed by atoms with E-state index < -0.39 is 16.2 Å². The molecule has 108 valence electrons. The van der Waals surface area contributed by atoms with E-state index in [0.29, 0.717) is 10.4 Å². The minimum Gasteiger partial charge on any atom is -0.406 e. The summed E-state index contributed by atoms with van der Waals surface area (Å²) in [5, 5.41) is 0. The molecular weight excluding hydrogens is 313 g/mol. The molecule has 0 unspecified atom stereocenters. The van der Waals surface area contributed by atoms with E-state index in [-0.39, 0.29) is 9.96 Å². The average Bonchev–Trinajstić information content (AvgIpc) is 2.76. The van der Waals surface area contributed by atoms with Crippen molar-refractivity contribution in [2.75, 3.05) is 6.26 Å². The maximum atomic E-state index is 12.0. The van der Waals surface area contributed by atoms with Crippen LogP contribution in [0.15, 0.2) is 40.6 Å². The molecule has 1 aromatic carbocycles. The van der Waals surface area contributed by atoms with Crippen LogP contribution in [0.3, 0.4) is 0 Å². The molecule has 0 fully saturated rings. The zero-order chi connectivity index (χ0) is 15.0. The lowest BCUT2D eigenvalue weighted by atomic mass is 10.2. The van der Waals surface area contributed by atoms with Gasteiger partial charge in [-0.3, -0.25) is 0 Å². The first-order valence-corrected chi connectivity index (χ1v) is 8.02. The zero-order valence-corrected chi connectivity index (χ0v) is 11.8. The fourth-order valence-electron chi connectivity index (χ4n) is 1.50. The Morgan fingerprint density at radius 2 is 1.65 bits per heavy atom. The number of hydrogen-bond donors (Lipinski definition) is 0. The summed E-state index contributed by atoms with van der Waals surface area (Å²) < 4.78 is 62.7. The number of ether oxygens (including phenoxy) is 1. The number of hydrogen-bond acceptors (Lipinski definition) is 4. The first-order chi connectivity index (χ1) is 9.15. The highest BCUT2D eigenvalue weighted by molar-refractivity contribution is 7.92. The molecule has 0 aliphatic heterocycles. The van der Waals surface area contributed by atoms with Gasteiger partial charge in [0.25, 0.3) is 0 Å². The second-order valence-corrected chi connectivity index (χ2v) is 7.29. The molecule has 3 nitrogen and oxygen atoms in total. The molecule has 0 aliphatic carbocycles. The molecular formula is C12H9F3O3S2. The summed E-state index contributed by atoms with van der Waals surface area (Å²) in [5.74, 6) is -0.318. The first-order valence-electron chi connectivity index (χ1n) is 5.31. The van der Waals surface area contributed by atoms with Crippen LogP contribution < -0.4 is 4.74 Å². The molecule has 2 aromatic rings. The van der Waals surface area contributed by atoms with Gasteiger partial charge in [0.05, 0.1) is 0 Å². The predicted molar refractivity (Wildman–Crippen MR) is 69.5 cm³/mol. The Hall–Kier alpha value is -1.54. The highest BCUT2D eigenvalue weighted by atomic mass is 32.2. The lowest BCUT2D eigenvalue weighted by Crippen LogP contribution is -2.16. The third kappa shape index (κ3) is 3.73. The number of sulfone groups is 1. The molecule has 8 heteroatoms. The average molecular weight is 322 g/mol. The van der Waals surface area contributed by atoms with Gasteiger partial charge in [-0.05, 0) is 42.0 Å². The highest BCUT2D eigenvalue weighted by Crippen LogP contribution is 2.32. The molecule has 0 saturated heterocycles. The van der Waals surface area contributed by atoms with Crippen LogP contribution in [0.25, 0.3) is 10.4 Å². The third-order valence-corrected chi connectivity index (χ3v) is 5.27. The van der Waals surface area contributed by atoms with Gasteiger partial charge in [0, 0.05) is 11.1 Å². The van der Waals surface area contributed by atoms with Crippen molar-refractivity contribution in [2.24, 2.45) is 0 Å². The Kier molecular flexibility index (Phi) is 3.79. The summed E-state index contributed by atoms with van der Waals surface area (Å²) in [5.41, 5.74) is 0.624. The van der Waals surface area contributed by atoms with Crippen molar-refractivity contribution in [2.45, 2.75) is 10.6 Å². The number of rotatable bonds is 3. The summed E-state index contributed by atoms with van der Waals surface area (Å²) in [7, 11) is -3.28. The maximum Gasteiger partial charge on any atom is 0.573 e. The molecule has 0 spiro atoms. The van der Waals surface area contributed by atoms with Crippen LogP contribution in [0.2, 0.25) is 0 Å². The van der Waals surface area contributed by atoms with Gasteiger partial charge >= 0.3 is 6.36 Å². The van der Waals surface area contributed by atoms with E-state index in [1.165, 1.54) is 30.3 Å². The molecule has 0 radical (unpaired) electrons. The summed E-state index contributed by atoms with van der Waals surface area (Å²) in [6.45, 7) is 0. The number of benzene rings is 1. The normalized spacial score (nSPS) is 12.4. The molecule has 0 saturated carbocycles.